The molecule has 0 amide bonds. The van der Waals surface area contributed by atoms with E-state index in [0.717, 1.165) is 38.6 Å². The van der Waals surface area contributed by atoms with Crippen LogP contribution in [-0.2, 0) is 17.9 Å². The molecule has 0 atom stereocenters. The van der Waals surface area contributed by atoms with Gasteiger partial charge in [-0.2, -0.15) is 0 Å². The van der Waals surface area contributed by atoms with Gasteiger partial charge in [-0.1, -0.05) is 45.0 Å². The van der Waals surface area contributed by atoms with Gasteiger partial charge in [-0.3, -0.25) is 0 Å². The second-order valence-corrected chi connectivity index (χ2v) is 5.19. The van der Waals surface area contributed by atoms with Gasteiger partial charge in [0.25, 0.3) is 0 Å². The van der Waals surface area contributed by atoms with Crippen LogP contribution in [0.5, 0.6) is 0 Å². The van der Waals surface area contributed by atoms with Gasteiger partial charge in [0.1, 0.15) is 0 Å². The first kappa shape index (κ1) is 15.2. The number of benzene rings is 1. The first-order chi connectivity index (χ1) is 8.72. The Balaban J connectivity index is 2.24. The van der Waals surface area contributed by atoms with E-state index in [9.17, 15) is 0 Å². The molecule has 1 aromatic carbocycles. The summed E-state index contributed by atoms with van der Waals surface area (Å²) in [6.45, 7) is 10.2. The minimum absolute atomic E-state index is 0.734. The second-order valence-electron chi connectivity index (χ2n) is 5.19. The standard InChI is InChI=1S/C16H27NO/c1-4-17-12-15-8-5-9-16(11-15)13-18-10-6-7-14(2)3/h5,8-9,11,14,17H,4,6-7,10,12-13H2,1-3H3. The Hall–Kier alpha value is -0.860. The number of nitrogens with one attached hydrogen (secondary N) is 1. The fraction of sp³-hybridized carbons (Fsp3) is 0.625. The monoisotopic (exact) mass is 249 g/mol. The first-order valence-corrected chi connectivity index (χ1v) is 7.08. The molecule has 0 aromatic heterocycles. The van der Waals surface area contributed by atoms with Gasteiger partial charge in [0.2, 0.25) is 0 Å². The van der Waals surface area contributed by atoms with Crippen LogP contribution in [0.1, 0.15) is 44.7 Å². The Morgan fingerprint density at radius 3 is 2.72 bits per heavy atom. The predicted octanol–water partition coefficient (Wildman–Crippen LogP) is 3.75. The van der Waals surface area contributed by atoms with Crippen molar-refractivity contribution in [2.75, 3.05) is 13.2 Å². The zero-order valence-corrected chi connectivity index (χ0v) is 12.0. The number of rotatable bonds is 9. The van der Waals surface area contributed by atoms with E-state index < -0.39 is 0 Å². The third-order valence-electron chi connectivity index (χ3n) is 2.91. The molecule has 0 spiro atoms. The molecule has 1 N–H and O–H groups in total. The lowest BCUT2D eigenvalue weighted by atomic mass is 10.1. The molecule has 0 bridgehead atoms. The number of ether oxygens (including phenoxy) is 1. The molecule has 18 heavy (non-hydrogen) atoms. The second kappa shape index (κ2) is 9.12. The molecular formula is C16H27NO. The van der Waals surface area contributed by atoms with Crippen molar-refractivity contribution in [1.82, 2.24) is 5.32 Å². The van der Waals surface area contributed by atoms with Crippen molar-refractivity contribution in [1.29, 1.82) is 0 Å². The first-order valence-electron chi connectivity index (χ1n) is 7.08. The SMILES string of the molecule is CCNCc1cccc(COCCCC(C)C)c1. The van der Waals surface area contributed by atoms with Gasteiger partial charge in [0.05, 0.1) is 6.61 Å². The van der Waals surface area contributed by atoms with Gasteiger partial charge in [-0.15, -0.1) is 0 Å². The molecule has 0 saturated carbocycles. The zero-order chi connectivity index (χ0) is 13.2. The molecule has 1 aromatic rings. The fourth-order valence-corrected chi connectivity index (χ4v) is 1.88. The Kier molecular flexibility index (Phi) is 7.70. The van der Waals surface area contributed by atoms with Crippen LogP contribution in [0.15, 0.2) is 24.3 Å². The topological polar surface area (TPSA) is 21.3 Å². The van der Waals surface area contributed by atoms with E-state index in [1.807, 2.05) is 0 Å². The van der Waals surface area contributed by atoms with Gasteiger partial charge in [-0.25, -0.2) is 0 Å². The molecule has 0 fully saturated rings. The summed E-state index contributed by atoms with van der Waals surface area (Å²) in [5, 5.41) is 3.34. The van der Waals surface area contributed by atoms with Gasteiger partial charge in [0.15, 0.2) is 0 Å². The number of hydrogen-bond donors (Lipinski definition) is 1. The third-order valence-corrected chi connectivity index (χ3v) is 2.91. The van der Waals surface area contributed by atoms with Crippen molar-refractivity contribution in [2.24, 2.45) is 5.92 Å². The Bertz CT molecular complexity index is 323. The molecule has 102 valence electrons. The fourth-order valence-electron chi connectivity index (χ4n) is 1.88. The Morgan fingerprint density at radius 2 is 2.00 bits per heavy atom. The number of hydrogen-bond acceptors (Lipinski definition) is 2. The highest BCUT2D eigenvalue weighted by Crippen LogP contribution is 2.08. The van der Waals surface area contributed by atoms with Crippen molar-refractivity contribution in [3.8, 4) is 0 Å². The molecule has 2 heteroatoms. The highest BCUT2D eigenvalue weighted by molar-refractivity contribution is 5.22. The smallest absolute Gasteiger partial charge is 0.0716 e. The highest BCUT2D eigenvalue weighted by atomic mass is 16.5. The quantitative estimate of drug-likeness (QED) is 0.673. The average molecular weight is 249 g/mol. The molecule has 0 heterocycles. The lowest BCUT2D eigenvalue weighted by Gasteiger charge is -2.08. The summed E-state index contributed by atoms with van der Waals surface area (Å²) in [7, 11) is 0. The van der Waals surface area contributed by atoms with E-state index in [4.69, 9.17) is 4.74 Å². The lowest BCUT2D eigenvalue weighted by Crippen LogP contribution is -2.11. The largest absolute Gasteiger partial charge is 0.377 e. The maximum absolute atomic E-state index is 5.71. The summed E-state index contributed by atoms with van der Waals surface area (Å²) in [6, 6.07) is 8.63. The molecule has 2 nitrogen and oxygen atoms in total. The van der Waals surface area contributed by atoms with Gasteiger partial charge in [0, 0.05) is 13.2 Å². The van der Waals surface area contributed by atoms with E-state index in [1.165, 1.54) is 17.5 Å². The van der Waals surface area contributed by atoms with E-state index in [2.05, 4.69) is 50.4 Å². The molecule has 0 radical (unpaired) electrons. The molecule has 0 aliphatic rings. The minimum atomic E-state index is 0.734. The van der Waals surface area contributed by atoms with E-state index >= 15 is 0 Å². The summed E-state index contributed by atoms with van der Waals surface area (Å²) in [5.74, 6) is 0.775. The van der Waals surface area contributed by atoms with Crippen molar-refractivity contribution in [3.63, 3.8) is 0 Å². The van der Waals surface area contributed by atoms with Crippen molar-refractivity contribution >= 4 is 0 Å². The molecule has 0 saturated heterocycles. The van der Waals surface area contributed by atoms with Crippen molar-refractivity contribution in [3.05, 3.63) is 35.4 Å². The lowest BCUT2D eigenvalue weighted by molar-refractivity contribution is 0.115. The molecule has 0 aliphatic heterocycles. The van der Waals surface area contributed by atoms with Crippen LogP contribution in [0.25, 0.3) is 0 Å². The summed E-state index contributed by atoms with van der Waals surface area (Å²) in [5.41, 5.74) is 2.61. The van der Waals surface area contributed by atoms with Crippen LogP contribution in [0.2, 0.25) is 0 Å². The normalized spacial score (nSPS) is 11.1. The molecule has 0 unspecified atom stereocenters. The average Bonchev–Trinajstić information content (AvgIpc) is 2.36. The Labute approximate surface area is 112 Å². The van der Waals surface area contributed by atoms with E-state index in [1.54, 1.807) is 0 Å². The zero-order valence-electron chi connectivity index (χ0n) is 12.0. The van der Waals surface area contributed by atoms with Crippen molar-refractivity contribution in [2.45, 2.75) is 46.8 Å². The van der Waals surface area contributed by atoms with Crippen LogP contribution in [0, 0.1) is 5.92 Å². The highest BCUT2D eigenvalue weighted by Gasteiger charge is 1.98. The van der Waals surface area contributed by atoms with Crippen LogP contribution in [-0.4, -0.2) is 13.2 Å². The van der Waals surface area contributed by atoms with Crippen LogP contribution in [0.3, 0.4) is 0 Å². The van der Waals surface area contributed by atoms with Crippen LogP contribution < -0.4 is 5.32 Å². The van der Waals surface area contributed by atoms with E-state index in [-0.39, 0.29) is 0 Å². The predicted molar refractivity (Wildman–Crippen MR) is 77.6 cm³/mol. The summed E-state index contributed by atoms with van der Waals surface area (Å²) < 4.78 is 5.71. The summed E-state index contributed by atoms with van der Waals surface area (Å²) >= 11 is 0. The van der Waals surface area contributed by atoms with Gasteiger partial charge < -0.3 is 10.1 Å². The van der Waals surface area contributed by atoms with Crippen LogP contribution >= 0.6 is 0 Å². The molecule has 1 rings (SSSR count). The van der Waals surface area contributed by atoms with Gasteiger partial charge >= 0.3 is 0 Å². The van der Waals surface area contributed by atoms with Crippen molar-refractivity contribution < 1.29 is 4.74 Å². The molecular weight excluding hydrogens is 222 g/mol. The van der Waals surface area contributed by atoms with E-state index in [0.29, 0.717) is 0 Å². The summed E-state index contributed by atoms with van der Waals surface area (Å²) in [4.78, 5) is 0. The molecule has 0 aliphatic carbocycles. The Morgan fingerprint density at radius 1 is 1.22 bits per heavy atom. The summed E-state index contributed by atoms with van der Waals surface area (Å²) in [6.07, 6.45) is 2.41. The maximum atomic E-state index is 5.71. The third kappa shape index (κ3) is 6.77. The maximum Gasteiger partial charge on any atom is 0.0716 e. The minimum Gasteiger partial charge on any atom is -0.377 e. The van der Waals surface area contributed by atoms with Crippen LogP contribution in [0.4, 0.5) is 0 Å². The van der Waals surface area contributed by atoms with Gasteiger partial charge in [-0.05, 0) is 36.4 Å².